The van der Waals surface area contributed by atoms with Crippen LogP contribution in [-0.2, 0) is 4.79 Å². The van der Waals surface area contributed by atoms with Crippen LogP contribution in [0.15, 0.2) is 72.8 Å². The van der Waals surface area contributed by atoms with Gasteiger partial charge in [0, 0.05) is 5.92 Å². The summed E-state index contributed by atoms with van der Waals surface area (Å²) >= 11 is 0. The first-order chi connectivity index (χ1) is 10.8. The van der Waals surface area contributed by atoms with Gasteiger partial charge in [0.05, 0.1) is 5.92 Å². The number of ether oxygens (including phenoxy) is 1. The predicted octanol–water partition coefficient (Wildman–Crippen LogP) is 4.20. The molecule has 0 N–H and O–H groups in total. The number of carbonyl (C=O) groups excluding carboxylic acids is 1. The molecular weight excluding hydrogens is 272 g/mol. The van der Waals surface area contributed by atoms with Crippen LogP contribution in [0, 0.1) is 17.8 Å². The normalized spacial score (nSPS) is 28.7. The molecule has 1 fully saturated rings. The molecule has 2 heteroatoms. The summed E-state index contributed by atoms with van der Waals surface area (Å²) in [5.41, 5.74) is 1.24. The van der Waals surface area contributed by atoms with Crippen molar-refractivity contribution in [3.05, 3.63) is 78.4 Å². The van der Waals surface area contributed by atoms with E-state index in [4.69, 9.17) is 4.74 Å². The lowest BCUT2D eigenvalue weighted by molar-refractivity contribution is -0.140. The fraction of sp³-hybridized carbons (Fsp3) is 0.250. The van der Waals surface area contributed by atoms with Gasteiger partial charge in [0.25, 0.3) is 0 Å². The molecule has 110 valence electrons. The van der Waals surface area contributed by atoms with Gasteiger partial charge >= 0.3 is 5.97 Å². The zero-order chi connectivity index (χ0) is 14.9. The molecule has 0 aliphatic heterocycles. The Morgan fingerprint density at radius 3 is 2.23 bits per heavy atom. The van der Waals surface area contributed by atoms with Crippen molar-refractivity contribution >= 4 is 5.97 Å². The molecule has 0 saturated heterocycles. The number of esters is 1. The lowest BCUT2D eigenvalue weighted by Crippen LogP contribution is -2.29. The Bertz CT molecular complexity index is 690. The third-order valence-electron chi connectivity index (χ3n) is 4.88. The van der Waals surface area contributed by atoms with E-state index in [2.05, 4.69) is 24.3 Å². The van der Waals surface area contributed by atoms with Gasteiger partial charge < -0.3 is 4.74 Å². The molecule has 4 unspecified atom stereocenters. The average Bonchev–Trinajstić information content (AvgIpc) is 3.17. The van der Waals surface area contributed by atoms with Crippen molar-refractivity contribution in [1.82, 2.24) is 0 Å². The standard InChI is InChI=1S/C20H18O2/c21-20(22-17-9-5-2-6-10-17)19-16-12-11-15(13-16)18(19)14-7-3-1-4-8-14/h1-12,15-16,18-19H,13H2. The molecule has 2 aromatic carbocycles. The van der Waals surface area contributed by atoms with Gasteiger partial charge in [0.1, 0.15) is 5.75 Å². The van der Waals surface area contributed by atoms with Crippen LogP contribution in [0.4, 0.5) is 0 Å². The number of para-hydroxylation sites is 1. The first-order valence-corrected chi connectivity index (χ1v) is 7.83. The Morgan fingerprint density at radius 2 is 1.50 bits per heavy atom. The number of fused-ring (bicyclic) bond motifs is 2. The maximum Gasteiger partial charge on any atom is 0.315 e. The van der Waals surface area contributed by atoms with Gasteiger partial charge in [-0.25, -0.2) is 0 Å². The summed E-state index contributed by atoms with van der Waals surface area (Å²) in [7, 11) is 0. The molecule has 2 aromatic rings. The highest BCUT2D eigenvalue weighted by atomic mass is 16.5. The molecule has 0 heterocycles. The highest BCUT2D eigenvalue weighted by Crippen LogP contribution is 2.53. The second-order valence-corrected chi connectivity index (χ2v) is 6.14. The molecule has 4 atom stereocenters. The Kier molecular flexibility index (Phi) is 3.30. The summed E-state index contributed by atoms with van der Waals surface area (Å²) in [6.07, 6.45) is 5.53. The maximum atomic E-state index is 12.7. The second-order valence-electron chi connectivity index (χ2n) is 6.14. The van der Waals surface area contributed by atoms with Crippen molar-refractivity contribution in [1.29, 1.82) is 0 Å². The van der Waals surface area contributed by atoms with Crippen LogP contribution >= 0.6 is 0 Å². The summed E-state index contributed by atoms with van der Waals surface area (Å²) < 4.78 is 5.63. The quantitative estimate of drug-likeness (QED) is 0.481. The molecule has 0 amide bonds. The number of carbonyl (C=O) groups is 1. The topological polar surface area (TPSA) is 26.3 Å². The summed E-state index contributed by atoms with van der Waals surface area (Å²) in [6, 6.07) is 19.7. The number of hydrogen-bond acceptors (Lipinski definition) is 2. The van der Waals surface area contributed by atoms with Gasteiger partial charge in [-0.2, -0.15) is 0 Å². The molecule has 1 saturated carbocycles. The van der Waals surface area contributed by atoms with E-state index >= 15 is 0 Å². The lowest BCUT2D eigenvalue weighted by atomic mass is 9.78. The summed E-state index contributed by atoms with van der Waals surface area (Å²) in [5, 5.41) is 0. The molecule has 0 spiro atoms. The van der Waals surface area contributed by atoms with Gasteiger partial charge in [-0.3, -0.25) is 4.79 Å². The smallest absolute Gasteiger partial charge is 0.315 e. The number of allylic oxidation sites excluding steroid dienone is 2. The molecule has 22 heavy (non-hydrogen) atoms. The van der Waals surface area contributed by atoms with Crippen molar-refractivity contribution in [2.45, 2.75) is 12.3 Å². The molecule has 2 bridgehead atoms. The monoisotopic (exact) mass is 290 g/mol. The van der Waals surface area contributed by atoms with Gasteiger partial charge in [-0.1, -0.05) is 60.7 Å². The molecule has 2 aliphatic rings. The Morgan fingerprint density at radius 1 is 0.864 bits per heavy atom. The van der Waals surface area contributed by atoms with Crippen LogP contribution in [-0.4, -0.2) is 5.97 Å². The third kappa shape index (κ3) is 2.25. The minimum Gasteiger partial charge on any atom is -0.426 e. The van der Waals surface area contributed by atoms with E-state index in [1.165, 1.54) is 5.56 Å². The van der Waals surface area contributed by atoms with Crippen LogP contribution in [0.5, 0.6) is 5.75 Å². The summed E-state index contributed by atoms with van der Waals surface area (Å²) in [6.45, 7) is 0. The van der Waals surface area contributed by atoms with E-state index in [1.54, 1.807) is 0 Å². The Balaban J connectivity index is 1.62. The number of benzene rings is 2. The van der Waals surface area contributed by atoms with Gasteiger partial charge in [0.2, 0.25) is 0 Å². The fourth-order valence-electron chi connectivity index (χ4n) is 3.95. The Labute approximate surface area is 130 Å². The van der Waals surface area contributed by atoms with Gasteiger partial charge in [0.15, 0.2) is 0 Å². The van der Waals surface area contributed by atoms with Gasteiger partial charge in [-0.15, -0.1) is 0 Å². The fourth-order valence-corrected chi connectivity index (χ4v) is 3.95. The van der Waals surface area contributed by atoms with Crippen molar-refractivity contribution in [3.8, 4) is 5.75 Å². The summed E-state index contributed by atoms with van der Waals surface area (Å²) in [4.78, 5) is 12.7. The van der Waals surface area contributed by atoms with Crippen LogP contribution in [0.3, 0.4) is 0 Å². The number of hydrogen-bond donors (Lipinski definition) is 0. The predicted molar refractivity (Wildman–Crippen MR) is 85.5 cm³/mol. The van der Waals surface area contributed by atoms with E-state index in [0.717, 1.165) is 6.42 Å². The zero-order valence-corrected chi connectivity index (χ0v) is 12.3. The Hall–Kier alpha value is -2.35. The molecule has 2 aliphatic carbocycles. The van der Waals surface area contributed by atoms with Crippen LogP contribution in [0.1, 0.15) is 17.9 Å². The van der Waals surface area contributed by atoms with Crippen LogP contribution < -0.4 is 4.74 Å². The minimum absolute atomic E-state index is 0.0717. The SMILES string of the molecule is O=C(Oc1ccccc1)C1C2C=CC(C2)C1c1ccccc1. The van der Waals surface area contributed by atoms with E-state index < -0.39 is 0 Å². The second kappa shape index (κ2) is 5.45. The zero-order valence-electron chi connectivity index (χ0n) is 12.3. The van der Waals surface area contributed by atoms with E-state index in [9.17, 15) is 4.79 Å². The number of rotatable bonds is 3. The lowest BCUT2D eigenvalue weighted by Gasteiger charge is -2.26. The molecular formula is C20H18O2. The van der Waals surface area contributed by atoms with Crippen molar-refractivity contribution < 1.29 is 9.53 Å². The van der Waals surface area contributed by atoms with Crippen molar-refractivity contribution in [2.75, 3.05) is 0 Å². The van der Waals surface area contributed by atoms with E-state index in [1.807, 2.05) is 48.5 Å². The molecule has 2 nitrogen and oxygen atoms in total. The van der Waals surface area contributed by atoms with Crippen molar-refractivity contribution in [2.24, 2.45) is 17.8 Å². The first-order valence-electron chi connectivity index (χ1n) is 7.83. The first kappa shape index (κ1) is 13.3. The molecule has 4 rings (SSSR count). The van der Waals surface area contributed by atoms with Gasteiger partial charge in [-0.05, 0) is 36.0 Å². The minimum atomic E-state index is -0.100. The van der Waals surface area contributed by atoms with E-state index in [-0.39, 0.29) is 17.8 Å². The highest BCUT2D eigenvalue weighted by molar-refractivity contribution is 5.78. The van der Waals surface area contributed by atoms with E-state index in [0.29, 0.717) is 17.6 Å². The van der Waals surface area contributed by atoms with Crippen LogP contribution in [0.25, 0.3) is 0 Å². The third-order valence-corrected chi connectivity index (χ3v) is 4.88. The highest BCUT2D eigenvalue weighted by Gasteiger charge is 2.49. The average molecular weight is 290 g/mol. The maximum absolute atomic E-state index is 12.7. The molecule has 0 aromatic heterocycles. The van der Waals surface area contributed by atoms with Crippen molar-refractivity contribution in [3.63, 3.8) is 0 Å². The van der Waals surface area contributed by atoms with Crippen LogP contribution in [0.2, 0.25) is 0 Å². The molecule has 0 radical (unpaired) electrons. The largest absolute Gasteiger partial charge is 0.426 e. The summed E-state index contributed by atoms with van der Waals surface area (Å²) in [5.74, 6) is 1.47.